The molecule has 2 rings (SSSR count). The second-order valence-electron chi connectivity index (χ2n) is 5.06. The summed E-state index contributed by atoms with van der Waals surface area (Å²) in [6.07, 6.45) is 1.97. The van der Waals surface area contributed by atoms with E-state index in [2.05, 4.69) is 18.0 Å². The molecule has 0 aliphatic carbocycles. The molecule has 1 heterocycles. The van der Waals surface area contributed by atoms with E-state index >= 15 is 0 Å². The van der Waals surface area contributed by atoms with Crippen molar-refractivity contribution in [3.05, 3.63) is 34.6 Å². The zero-order valence-corrected chi connectivity index (χ0v) is 13.2. The summed E-state index contributed by atoms with van der Waals surface area (Å²) >= 11 is 1.49. The summed E-state index contributed by atoms with van der Waals surface area (Å²) in [4.78, 5) is 17.2. The fourth-order valence-electron chi connectivity index (χ4n) is 2.01. The number of nitrogens with zero attached hydrogens (tertiary/aromatic N) is 3. The molecular formula is C16H19N3OS. The summed E-state index contributed by atoms with van der Waals surface area (Å²) in [7, 11) is 0. The Hall–Kier alpha value is -1.80. The maximum Gasteiger partial charge on any atom is 0.262 e. The van der Waals surface area contributed by atoms with Gasteiger partial charge in [-0.1, -0.05) is 37.2 Å². The molecule has 1 aromatic heterocycles. The molecule has 1 aromatic carbocycles. The molecule has 110 valence electrons. The van der Waals surface area contributed by atoms with E-state index in [4.69, 9.17) is 5.26 Å². The van der Waals surface area contributed by atoms with Gasteiger partial charge in [0.2, 0.25) is 0 Å². The number of benzene rings is 1. The van der Waals surface area contributed by atoms with Gasteiger partial charge in [0, 0.05) is 12.3 Å². The lowest BCUT2D eigenvalue weighted by atomic mass is 10.2. The van der Waals surface area contributed by atoms with Gasteiger partial charge < -0.3 is 0 Å². The summed E-state index contributed by atoms with van der Waals surface area (Å²) in [5.41, 5.74) is 0.739. The highest BCUT2D eigenvalue weighted by Gasteiger charge is 2.12. The van der Waals surface area contributed by atoms with Crippen molar-refractivity contribution in [1.29, 1.82) is 5.26 Å². The van der Waals surface area contributed by atoms with Crippen LogP contribution in [0.15, 0.2) is 34.2 Å². The van der Waals surface area contributed by atoms with Crippen molar-refractivity contribution in [2.45, 2.75) is 38.4 Å². The highest BCUT2D eigenvalue weighted by Crippen LogP contribution is 2.20. The van der Waals surface area contributed by atoms with Crippen molar-refractivity contribution in [2.75, 3.05) is 5.75 Å². The van der Waals surface area contributed by atoms with Crippen LogP contribution in [0.2, 0.25) is 0 Å². The van der Waals surface area contributed by atoms with E-state index in [1.807, 2.05) is 31.2 Å². The van der Waals surface area contributed by atoms with Gasteiger partial charge in [-0.05, 0) is 25.5 Å². The van der Waals surface area contributed by atoms with Crippen molar-refractivity contribution in [3.63, 3.8) is 0 Å². The van der Waals surface area contributed by atoms with Gasteiger partial charge >= 0.3 is 0 Å². The summed E-state index contributed by atoms with van der Waals surface area (Å²) in [6.45, 7) is 4.66. The Morgan fingerprint density at radius 1 is 1.43 bits per heavy atom. The van der Waals surface area contributed by atoms with Gasteiger partial charge in [-0.2, -0.15) is 5.26 Å². The molecule has 1 atom stereocenters. The number of rotatable bonds is 6. The summed E-state index contributed by atoms with van der Waals surface area (Å²) < 4.78 is 1.75. The van der Waals surface area contributed by atoms with Crippen LogP contribution >= 0.6 is 11.8 Å². The van der Waals surface area contributed by atoms with Gasteiger partial charge in [0.05, 0.1) is 22.9 Å². The molecule has 5 heteroatoms. The smallest absolute Gasteiger partial charge is 0.262 e. The third-order valence-electron chi connectivity index (χ3n) is 3.24. The van der Waals surface area contributed by atoms with Crippen molar-refractivity contribution >= 4 is 22.7 Å². The van der Waals surface area contributed by atoms with Crippen LogP contribution in [-0.2, 0) is 6.54 Å². The summed E-state index contributed by atoms with van der Waals surface area (Å²) in [5.74, 6) is 0.589. The molecule has 0 N–H and O–H groups in total. The number of hydrogen-bond donors (Lipinski definition) is 0. The van der Waals surface area contributed by atoms with Crippen LogP contribution in [0.5, 0.6) is 0 Å². The lowest BCUT2D eigenvalue weighted by molar-refractivity contribution is 0.557. The van der Waals surface area contributed by atoms with Crippen molar-refractivity contribution in [3.8, 4) is 6.07 Å². The zero-order chi connectivity index (χ0) is 15.2. The molecule has 0 fully saturated rings. The molecule has 2 aromatic rings. The Kier molecular flexibility index (Phi) is 5.40. The van der Waals surface area contributed by atoms with E-state index in [0.29, 0.717) is 22.8 Å². The average molecular weight is 301 g/mol. The molecule has 0 radical (unpaired) electrons. The summed E-state index contributed by atoms with van der Waals surface area (Å²) in [5, 5.41) is 10.3. The van der Waals surface area contributed by atoms with E-state index in [-0.39, 0.29) is 11.5 Å². The number of hydrogen-bond acceptors (Lipinski definition) is 4. The molecule has 21 heavy (non-hydrogen) atoms. The number of unbranched alkanes of at least 4 members (excludes halogenated alkanes) is 1. The molecule has 0 unspecified atom stereocenters. The topological polar surface area (TPSA) is 58.7 Å². The first kappa shape index (κ1) is 15.6. The quantitative estimate of drug-likeness (QED) is 0.605. The Balaban J connectivity index is 2.45. The van der Waals surface area contributed by atoms with E-state index in [0.717, 1.165) is 18.4 Å². The fraction of sp³-hybridized carbons (Fsp3) is 0.438. The normalized spacial score (nSPS) is 12.2. The predicted octanol–water partition coefficient (Wildman–Crippen LogP) is 3.45. The van der Waals surface area contributed by atoms with Gasteiger partial charge in [0.25, 0.3) is 5.56 Å². The molecule has 0 spiro atoms. The molecule has 4 nitrogen and oxygen atoms in total. The van der Waals surface area contributed by atoms with Crippen LogP contribution in [0.1, 0.15) is 26.7 Å². The largest absolute Gasteiger partial charge is 0.287 e. The second kappa shape index (κ2) is 7.28. The minimum atomic E-state index is -0.0574. The van der Waals surface area contributed by atoms with Crippen LogP contribution in [-0.4, -0.2) is 15.3 Å². The first-order chi connectivity index (χ1) is 10.2. The van der Waals surface area contributed by atoms with Gasteiger partial charge in [-0.3, -0.25) is 9.36 Å². The van der Waals surface area contributed by atoms with Gasteiger partial charge in [-0.25, -0.2) is 4.98 Å². The van der Waals surface area contributed by atoms with E-state index in [1.54, 1.807) is 4.57 Å². The van der Waals surface area contributed by atoms with E-state index < -0.39 is 0 Å². The third kappa shape index (κ3) is 3.64. The summed E-state index contributed by atoms with van der Waals surface area (Å²) in [6, 6.07) is 9.64. The van der Waals surface area contributed by atoms with Crippen LogP contribution in [0.25, 0.3) is 10.9 Å². The minimum absolute atomic E-state index is 0.0150. The number of thioether (sulfide) groups is 1. The predicted molar refractivity (Wildman–Crippen MR) is 86.4 cm³/mol. The number of nitriles is 1. The van der Waals surface area contributed by atoms with Gasteiger partial charge in [-0.15, -0.1) is 0 Å². The number of para-hydroxylation sites is 1. The fourth-order valence-corrected chi connectivity index (χ4v) is 2.97. The number of fused-ring (bicyclic) bond motifs is 1. The maximum atomic E-state index is 12.6. The first-order valence-electron chi connectivity index (χ1n) is 7.19. The van der Waals surface area contributed by atoms with Crippen LogP contribution < -0.4 is 5.56 Å². The molecule has 0 bridgehead atoms. The monoisotopic (exact) mass is 301 g/mol. The molecule has 0 aliphatic heterocycles. The Morgan fingerprint density at radius 3 is 2.90 bits per heavy atom. The molecule has 0 aliphatic rings. The van der Waals surface area contributed by atoms with Crippen molar-refractivity contribution in [2.24, 2.45) is 5.92 Å². The highest BCUT2D eigenvalue weighted by atomic mass is 32.2. The zero-order valence-electron chi connectivity index (χ0n) is 12.4. The van der Waals surface area contributed by atoms with Gasteiger partial charge in [0.15, 0.2) is 5.16 Å². The van der Waals surface area contributed by atoms with Crippen LogP contribution in [0, 0.1) is 17.2 Å². The standard InChI is InChI=1S/C16H19N3OS/c1-3-4-9-19-15(20)13-7-5-6-8-14(13)18-16(19)21-11-12(2)10-17/h5-8,12H,3-4,9,11H2,1-2H3/t12-/m0/s1. The molecule has 0 saturated heterocycles. The van der Waals surface area contributed by atoms with Crippen molar-refractivity contribution in [1.82, 2.24) is 9.55 Å². The van der Waals surface area contributed by atoms with E-state index in [1.165, 1.54) is 11.8 Å². The highest BCUT2D eigenvalue weighted by molar-refractivity contribution is 7.99. The van der Waals surface area contributed by atoms with Crippen LogP contribution in [0.3, 0.4) is 0 Å². The third-order valence-corrected chi connectivity index (χ3v) is 4.48. The lowest BCUT2D eigenvalue weighted by Crippen LogP contribution is -2.23. The second-order valence-corrected chi connectivity index (χ2v) is 6.05. The minimum Gasteiger partial charge on any atom is -0.287 e. The Labute approximate surface area is 128 Å². The Morgan fingerprint density at radius 2 is 2.19 bits per heavy atom. The van der Waals surface area contributed by atoms with Gasteiger partial charge in [0.1, 0.15) is 0 Å². The molecule has 0 amide bonds. The first-order valence-corrected chi connectivity index (χ1v) is 8.18. The SMILES string of the molecule is CCCCn1c(SC[C@@H](C)C#N)nc2ccccc2c1=O. The maximum absolute atomic E-state index is 12.6. The van der Waals surface area contributed by atoms with Crippen molar-refractivity contribution < 1.29 is 0 Å². The average Bonchev–Trinajstić information content (AvgIpc) is 2.52. The Bertz CT molecular complexity index is 718. The van der Waals surface area contributed by atoms with Crippen LogP contribution in [0.4, 0.5) is 0 Å². The molecule has 0 saturated carbocycles. The number of aromatic nitrogens is 2. The molecular weight excluding hydrogens is 282 g/mol. The lowest BCUT2D eigenvalue weighted by Gasteiger charge is -2.13. The van der Waals surface area contributed by atoms with E-state index in [9.17, 15) is 4.79 Å².